The molecule has 0 radical (unpaired) electrons. The Hall–Kier alpha value is -1.40. The van der Waals surface area contributed by atoms with Crippen molar-refractivity contribution in [1.82, 2.24) is 9.62 Å². The van der Waals surface area contributed by atoms with E-state index in [4.69, 9.17) is 0 Å². The highest BCUT2D eigenvalue weighted by Crippen LogP contribution is 2.30. The van der Waals surface area contributed by atoms with Crippen LogP contribution in [0.15, 0.2) is 29.2 Å². The van der Waals surface area contributed by atoms with E-state index in [1.54, 1.807) is 32.9 Å². The number of rotatable bonds is 5. The topological polar surface area (TPSA) is 66.5 Å². The van der Waals surface area contributed by atoms with Gasteiger partial charge in [0.1, 0.15) is 0 Å². The Morgan fingerprint density at radius 2 is 1.70 bits per heavy atom. The van der Waals surface area contributed by atoms with E-state index in [0.29, 0.717) is 11.6 Å². The zero-order valence-electron chi connectivity index (χ0n) is 14.5. The first-order valence-electron chi connectivity index (χ1n) is 7.98. The number of carbonyl (C=O) groups excluding carboxylic acids is 1. The molecule has 5 nitrogen and oxygen atoms in total. The molecule has 1 aliphatic rings. The number of amides is 1. The minimum atomic E-state index is -3.58. The molecule has 6 heteroatoms. The maximum atomic E-state index is 12.6. The Balaban J connectivity index is 2.20. The Labute approximate surface area is 139 Å². The summed E-state index contributed by atoms with van der Waals surface area (Å²) >= 11 is 0. The van der Waals surface area contributed by atoms with Crippen molar-refractivity contribution >= 4 is 15.9 Å². The zero-order valence-corrected chi connectivity index (χ0v) is 15.3. The van der Waals surface area contributed by atoms with Gasteiger partial charge in [0, 0.05) is 23.2 Å². The van der Waals surface area contributed by atoms with Crippen molar-refractivity contribution in [2.75, 3.05) is 0 Å². The predicted molar refractivity (Wildman–Crippen MR) is 90.8 cm³/mol. The van der Waals surface area contributed by atoms with Gasteiger partial charge in [0.05, 0.1) is 4.90 Å². The quantitative estimate of drug-likeness (QED) is 0.898. The summed E-state index contributed by atoms with van der Waals surface area (Å²) in [4.78, 5) is 14.7. The third-order valence-electron chi connectivity index (χ3n) is 3.58. The number of nitrogens with one attached hydrogen (secondary N) is 1. The van der Waals surface area contributed by atoms with E-state index in [-0.39, 0.29) is 16.8 Å². The lowest BCUT2D eigenvalue weighted by Gasteiger charge is -2.27. The molecule has 128 valence electrons. The first-order chi connectivity index (χ1) is 10.5. The van der Waals surface area contributed by atoms with Crippen LogP contribution in [-0.2, 0) is 10.0 Å². The maximum absolute atomic E-state index is 12.6. The van der Waals surface area contributed by atoms with Gasteiger partial charge >= 0.3 is 0 Å². The summed E-state index contributed by atoms with van der Waals surface area (Å²) < 4.78 is 27.2. The summed E-state index contributed by atoms with van der Waals surface area (Å²) in [6.07, 6.45) is 2.10. The first-order valence-corrected chi connectivity index (χ1v) is 9.46. The highest BCUT2D eigenvalue weighted by atomic mass is 32.2. The second kappa shape index (κ2) is 6.24. The molecular formula is C17H26N2O3S. The third-order valence-corrected chi connectivity index (χ3v) is 5.36. The van der Waals surface area contributed by atoms with Crippen LogP contribution in [0.25, 0.3) is 0 Å². The molecule has 0 saturated heterocycles. The fourth-order valence-electron chi connectivity index (χ4n) is 2.56. The van der Waals surface area contributed by atoms with Crippen LogP contribution < -0.4 is 4.72 Å². The second-order valence-electron chi connectivity index (χ2n) is 7.42. The van der Waals surface area contributed by atoms with Crippen LogP contribution in [0.4, 0.5) is 0 Å². The van der Waals surface area contributed by atoms with Gasteiger partial charge in [-0.05, 0) is 71.7 Å². The second-order valence-corrected chi connectivity index (χ2v) is 9.10. The fraction of sp³-hybridized carbons (Fsp3) is 0.588. The molecule has 0 heterocycles. The highest BCUT2D eigenvalue weighted by Gasteiger charge is 2.34. The predicted octanol–water partition coefficient (Wildman–Crippen LogP) is 2.78. The highest BCUT2D eigenvalue weighted by molar-refractivity contribution is 7.89. The molecule has 1 aromatic carbocycles. The molecule has 1 aromatic rings. The number of sulfonamides is 1. The van der Waals surface area contributed by atoms with E-state index in [2.05, 4.69) is 4.72 Å². The van der Waals surface area contributed by atoms with Gasteiger partial charge in [-0.1, -0.05) is 0 Å². The van der Waals surface area contributed by atoms with Gasteiger partial charge < -0.3 is 4.90 Å². The Morgan fingerprint density at radius 1 is 1.17 bits per heavy atom. The van der Waals surface area contributed by atoms with Crippen molar-refractivity contribution in [3.63, 3.8) is 0 Å². The molecule has 1 saturated carbocycles. The zero-order chi connectivity index (χ0) is 17.4. The van der Waals surface area contributed by atoms with E-state index < -0.39 is 15.6 Å². The standard InChI is InChI=1S/C17H26N2O3S/c1-12(2)19(14-8-9-14)16(20)13-6-10-15(11-7-13)23(21,22)18-17(3,4)5/h6-7,10-12,14,18H,8-9H2,1-5H3. The normalized spacial score (nSPS) is 15.7. The van der Waals surface area contributed by atoms with E-state index >= 15 is 0 Å². The van der Waals surface area contributed by atoms with Gasteiger partial charge in [0.25, 0.3) is 5.91 Å². The van der Waals surface area contributed by atoms with E-state index in [1.807, 2.05) is 18.7 Å². The van der Waals surface area contributed by atoms with Crippen LogP contribution in [0.1, 0.15) is 57.8 Å². The van der Waals surface area contributed by atoms with E-state index in [9.17, 15) is 13.2 Å². The number of nitrogens with zero attached hydrogens (tertiary/aromatic N) is 1. The summed E-state index contributed by atoms with van der Waals surface area (Å²) in [6.45, 7) is 9.38. The number of hydrogen-bond acceptors (Lipinski definition) is 3. The fourth-order valence-corrected chi connectivity index (χ4v) is 3.98. The molecule has 2 rings (SSSR count). The van der Waals surface area contributed by atoms with Crippen LogP contribution in [0, 0.1) is 0 Å². The molecule has 0 aromatic heterocycles. The molecule has 1 N–H and O–H groups in total. The van der Waals surface area contributed by atoms with Gasteiger partial charge in [-0.25, -0.2) is 13.1 Å². The van der Waals surface area contributed by atoms with Crippen molar-refractivity contribution in [3.05, 3.63) is 29.8 Å². The number of carbonyl (C=O) groups is 1. The smallest absolute Gasteiger partial charge is 0.254 e. The molecule has 0 spiro atoms. The molecule has 0 aliphatic heterocycles. The van der Waals surface area contributed by atoms with Crippen molar-refractivity contribution in [2.45, 2.75) is 70.0 Å². The molecule has 0 unspecified atom stereocenters. The monoisotopic (exact) mass is 338 g/mol. The average Bonchev–Trinajstić information content (AvgIpc) is 3.20. The molecule has 1 aliphatic carbocycles. The van der Waals surface area contributed by atoms with Gasteiger partial charge in [-0.2, -0.15) is 0 Å². The van der Waals surface area contributed by atoms with Crippen molar-refractivity contribution in [3.8, 4) is 0 Å². The van der Waals surface area contributed by atoms with Gasteiger partial charge in [-0.15, -0.1) is 0 Å². The lowest BCUT2D eigenvalue weighted by Crippen LogP contribution is -2.40. The largest absolute Gasteiger partial charge is 0.333 e. The lowest BCUT2D eigenvalue weighted by atomic mass is 10.1. The molecule has 1 fully saturated rings. The Bertz CT molecular complexity index is 667. The van der Waals surface area contributed by atoms with E-state index in [0.717, 1.165) is 12.8 Å². The third kappa shape index (κ3) is 4.54. The summed E-state index contributed by atoms with van der Waals surface area (Å²) in [7, 11) is -3.58. The van der Waals surface area contributed by atoms with Crippen LogP contribution in [0.5, 0.6) is 0 Å². The minimum Gasteiger partial charge on any atom is -0.333 e. The van der Waals surface area contributed by atoms with E-state index in [1.165, 1.54) is 12.1 Å². The minimum absolute atomic E-state index is 0.0322. The molecule has 0 atom stereocenters. The summed E-state index contributed by atoms with van der Waals surface area (Å²) in [5.74, 6) is -0.0322. The average molecular weight is 338 g/mol. The molecule has 1 amide bonds. The van der Waals surface area contributed by atoms with Crippen LogP contribution in [0.3, 0.4) is 0 Å². The first kappa shape index (κ1) is 17.9. The van der Waals surface area contributed by atoms with Crippen molar-refractivity contribution in [2.24, 2.45) is 0 Å². The number of hydrogen-bond donors (Lipinski definition) is 1. The summed E-state index contributed by atoms with van der Waals surface area (Å²) in [5.41, 5.74) is -0.0198. The van der Waals surface area contributed by atoms with Gasteiger partial charge in [0.2, 0.25) is 10.0 Å². The summed E-state index contributed by atoms with van der Waals surface area (Å²) in [6, 6.07) is 6.64. The molecular weight excluding hydrogens is 312 g/mol. The van der Waals surface area contributed by atoms with Crippen molar-refractivity contribution < 1.29 is 13.2 Å². The Kier molecular flexibility index (Phi) is 4.87. The van der Waals surface area contributed by atoms with Crippen LogP contribution in [-0.4, -0.2) is 36.8 Å². The molecule has 23 heavy (non-hydrogen) atoms. The number of benzene rings is 1. The summed E-state index contributed by atoms with van der Waals surface area (Å²) in [5, 5.41) is 0. The van der Waals surface area contributed by atoms with Gasteiger partial charge in [-0.3, -0.25) is 4.79 Å². The van der Waals surface area contributed by atoms with Crippen LogP contribution in [0.2, 0.25) is 0 Å². The molecule has 0 bridgehead atoms. The SMILES string of the molecule is CC(C)N(C(=O)c1ccc(S(=O)(=O)NC(C)(C)C)cc1)C1CC1. The maximum Gasteiger partial charge on any atom is 0.254 e. The lowest BCUT2D eigenvalue weighted by molar-refractivity contribution is 0.0690. The van der Waals surface area contributed by atoms with Crippen LogP contribution >= 0.6 is 0 Å². The van der Waals surface area contributed by atoms with Crippen molar-refractivity contribution in [1.29, 1.82) is 0 Å². The Morgan fingerprint density at radius 3 is 2.09 bits per heavy atom. The van der Waals surface area contributed by atoms with Gasteiger partial charge in [0.15, 0.2) is 0 Å².